The number of para-hydroxylation sites is 1. The van der Waals surface area contributed by atoms with Crippen LogP contribution in [0.4, 0.5) is 11.4 Å². The fraction of sp³-hybridized carbons (Fsp3) is 0.0714. The van der Waals surface area contributed by atoms with Crippen LogP contribution in [0.3, 0.4) is 0 Å². The van der Waals surface area contributed by atoms with E-state index in [1.807, 2.05) is 30.3 Å². The van der Waals surface area contributed by atoms with Crippen molar-refractivity contribution in [2.75, 3.05) is 11.1 Å². The molecule has 0 aliphatic carbocycles. The first-order valence-electron chi connectivity index (χ1n) is 6.09. The fourth-order valence-electron chi connectivity index (χ4n) is 2.06. The molecule has 0 aliphatic heterocycles. The predicted molar refractivity (Wildman–Crippen MR) is 77.3 cm³/mol. The molecule has 0 bridgehead atoms. The van der Waals surface area contributed by atoms with Crippen molar-refractivity contribution in [1.29, 1.82) is 0 Å². The Kier molecular flexibility index (Phi) is 2.83. The van der Waals surface area contributed by atoms with Crippen LogP contribution in [0.15, 0.2) is 42.7 Å². The first-order chi connectivity index (χ1) is 9.65. The average molecular weight is 267 g/mol. The number of nitrogens with one attached hydrogen (secondary N) is 1. The molecule has 6 nitrogen and oxygen atoms in total. The van der Waals surface area contributed by atoms with Crippen LogP contribution in [0.2, 0.25) is 0 Å². The third kappa shape index (κ3) is 2.07. The molecule has 2 heterocycles. The third-order valence-electron chi connectivity index (χ3n) is 3.03. The summed E-state index contributed by atoms with van der Waals surface area (Å²) in [7, 11) is 1.67. The van der Waals surface area contributed by atoms with Crippen LogP contribution in [0.25, 0.3) is 10.9 Å². The fourth-order valence-corrected chi connectivity index (χ4v) is 2.06. The van der Waals surface area contributed by atoms with Gasteiger partial charge in [0.25, 0.3) is 5.91 Å². The Hall–Kier alpha value is -2.89. The van der Waals surface area contributed by atoms with Crippen LogP contribution in [0.5, 0.6) is 0 Å². The molecule has 100 valence electrons. The van der Waals surface area contributed by atoms with Gasteiger partial charge in [0, 0.05) is 12.4 Å². The number of fused-ring (bicyclic) bond motifs is 1. The highest BCUT2D eigenvalue weighted by Crippen LogP contribution is 2.18. The van der Waals surface area contributed by atoms with E-state index in [0.717, 1.165) is 10.9 Å². The summed E-state index contributed by atoms with van der Waals surface area (Å²) >= 11 is 0. The number of nitrogens with two attached hydrogens (primary N) is 1. The van der Waals surface area contributed by atoms with E-state index in [2.05, 4.69) is 15.4 Å². The zero-order valence-corrected chi connectivity index (χ0v) is 10.9. The number of anilines is 2. The number of aryl methyl sites for hydroxylation is 1. The standard InChI is InChI=1S/C14H13N5O/c1-19-13(11(15)8-17-19)14(20)18-10-6-9-4-2-3-5-12(9)16-7-10/h2-8H,15H2,1H3,(H,18,20). The van der Waals surface area contributed by atoms with Crippen LogP contribution < -0.4 is 11.1 Å². The first kappa shape index (κ1) is 12.2. The molecule has 0 spiro atoms. The Bertz CT molecular complexity index is 774. The van der Waals surface area contributed by atoms with Gasteiger partial charge in [-0.1, -0.05) is 18.2 Å². The van der Waals surface area contributed by atoms with Gasteiger partial charge in [0.1, 0.15) is 5.69 Å². The van der Waals surface area contributed by atoms with Gasteiger partial charge in [-0.15, -0.1) is 0 Å². The molecule has 3 aromatic rings. The van der Waals surface area contributed by atoms with Gasteiger partial charge in [0.2, 0.25) is 0 Å². The monoisotopic (exact) mass is 267 g/mol. The Morgan fingerprint density at radius 2 is 2.10 bits per heavy atom. The molecule has 20 heavy (non-hydrogen) atoms. The van der Waals surface area contributed by atoms with Crippen LogP contribution in [0.1, 0.15) is 10.5 Å². The molecule has 2 aromatic heterocycles. The number of benzene rings is 1. The predicted octanol–water partition coefficient (Wildman–Crippen LogP) is 1.80. The summed E-state index contributed by atoms with van der Waals surface area (Å²) in [6.45, 7) is 0. The molecule has 0 aliphatic rings. The van der Waals surface area contributed by atoms with Crippen molar-refractivity contribution in [3.05, 3.63) is 48.4 Å². The SMILES string of the molecule is Cn1ncc(N)c1C(=O)Nc1cnc2ccccc2c1. The molecule has 0 atom stereocenters. The maximum absolute atomic E-state index is 12.2. The van der Waals surface area contributed by atoms with E-state index >= 15 is 0 Å². The zero-order chi connectivity index (χ0) is 14.1. The summed E-state index contributed by atoms with van der Waals surface area (Å²) in [5.74, 6) is -0.306. The van der Waals surface area contributed by atoms with Crippen LogP contribution >= 0.6 is 0 Å². The molecule has 0 fully saturated rings. The molecule has 3 N–H and O–H groups in total. The summed E-state index contributed by atoms with van der Waals surface area (Å²) in [5, 5.41) is 7.68. The molecule has 6 heteroatoms. The second-order valence-corrected chi connectivity index (χ2v) is 4.44. The maximum atomic E-state index is 12.2. The van der Waals surface area contributed by atoms with Crippen molar-refractivity contribution in [2.24, 2.45) is 7.05 Å². The third-order valence-corrected chi connectivity index (χ3v) is 3.03. The molecule has 3 rings (SSSR count). The quantitative estimate of drug-likeness (QED) is 0.741. The van der Waals surface area contributed by atoms with Crippen molar-refractivity contribution >= 4 is 28.2 Å². The average Bonchev–Trinajstić information content (AvgIpc) is 2.78. The zero-order valence-electron chi connectivity index (χ0n) is 10.9. The number of carbonyl (C=O) groups is 1. The highest BCUT2D eigenvalue weighted by molar-refractivity contribution is 6.06. The number of carbonyl (C=O) groups excluding carboxylic acids is 1. The highest BCUT2D eigenvalue weighted by atomic mass is 16.2. The second-order valence-electron chi connectivity index (χ2n) is 4.44. The number of aromatic nitrogens is 3. The van der Waals surface area contributed by atoms with Gasteiger partial charge in [-0.25, -0.2) is 0 Å². The molecule has 0 saturated carbocycles. The van der Waals surface area contributed by atoms with Crippen molar-refractivity contribution in [3.63, 3.8) is 0 Å². The first-order valence-corrected chi connectivity index (χ1v) is 6.09. The van der Waals surface area contributed by atoms with E-state index in [1.165, 1.54) is 10.9 Å². The number of pyridine rings is 1. The number of hydrogen-bond acceptors (Lipinski definition) is 4. The Labute approximate surface area is 115 Å². The van der Waals surface area contributed by atoms with Gasteiger partial charge in [-0.05, 0) is 12.1 Å². The van der Waals surface area contributed by atoms with Crippen molar-refractivity contribution < 1.29 is 4.79 Å². The molecular weight excluding hydrogens is 254 g/mol. The Balaban J connectivity index is 1.91. The number of hydrogen-bond donors (Lipinski definition) is 2. The molecular formula is C14H13N5O. The molecule has 1 aromatic carbocycles. The maximum Gasteiger partial charge on any atom is 0.276 e. The second kappa shape index (κ2) is 4.65. The van der Waals surface area contributed by atoms with Crippen molar-refractivity contribution in [1.82, 2.24) is 14.8 Å². The molecule has 0 saturated heterocycles. The van der Waals surface area contributed by atoms with Gasteiger partial charge in [-0.2, -0.15) is 5.10 Å². The lowest BCUT2D eigenvalue weighted by molar-refractivity contribution is 0.101. The number of nitrogens with zero attached hydrogens (tertiary/aromatic N) is 3. The normalized spacial score (nSPS) is 10.7. The summed E-state index contributed by atoms with van der Waals surface area (Å²) in [4.78, 5) is 16.5. The van der Waals surface area contributed by atoms with E-state index in [4.69, 9.17) is 5.73 Å². The number of rotatable bonds is 2. The summed E-state index contributed by atoms with van der Waals surface area (Å²) in [6, 6.07) is 9.57. The van der Waals surface area contributed by atoms with E-state index in [1.54, 1.807) is 13.2 Å². The lowest BCUT2D eigenvalue weighted by atomic mass is 10.2. The van der Waals surface area contributed by atoms with Gasteiger partial charge in [0.15, 0.2) is 0 Å². The minimum atomic E-state index is -0.306. The highest BCUT2D eigenvalue weighted by Gasteiger charge is 2.15. The van der Waals surface area contributed by atoms with E-state index < -0.39 is 0 Å². The minimum Gasteiger partial charge on any atom is -0.396 e. The van der Waals surface area contributed by atoms with E-state index in [-0.39, 0.29) is 5.91 Å². The minimum absolute atomic E-state index is 0.306. The topological polar surface area (TPSA) is 85.8 Å². The Morgan fingerprint density at radius 3 is 2.85 bits per heavy atom. The lowest BCUT2D eigenvalue weighted by Crippen LogP contribution is -2.17. The van der Waals surface area contributed by atoms with Crippen LogP contribution in [-0.2, 0) is 7.05 Å². The smallest absolute Gasteiger partial charge is 0.276 e. The number of amides is 1. The summed E-state index contributed by atoms with van der Waals surface area (Å²) in [5.41, 5.74) is 7.90. The largest absolute Gasteiger partial charge is 0.396 e. The summed E-state index contributed by atoms with van der Waals surface area (Å²) < 4.78 is 1.44. The van der Waals surface area contributed by atoms with Crippen LogP contribution in [0, 0.1) is 0 Å². The lowest BCUT2D eigenvalue weighted by Gasteiger charge is -2.07. The van der Waals surface area contributed by atoms with E-state index in [9.17, 15) is 4.79 Å². The van der Waals surface area contributed by atoms with Crippen LogP contribution in [-0.4, -0.2) is 20.7 Å². The van der Waals surface area contributed by atoms with Gasteiger partial charge < -0.3 is 11.1 Å². The van der Waals surface area contributed by atoms with Gasteiger partial charge in [0.05, 0.1) is 29.3 Å². The number of nitrogen functional groups attached to an aromatic ring is 1. The van der Waals surface area contributed by atoms with Crippen molar-refractivity contribution in [3.8, 4) is 0 Å². The molecule has 0 unspecified atom stereocenters. The van der Waals surface area contributed by atoms with Crippen molar-refractivity contribution in [2.45, 2.75) is 0 Å². The van der Waals surface area contributed by atoms with Gasteiger partial charge >= 0.3 is 0 Å². The molecule has 0 radical (unpaired) electrons. The van der Waals surface area contributed by atoms with E-state index in [0.29, 0.717) is 17.1 Å². The summed E-state index contributed by atoms with van der Waals surface area (Å²) in [6.07, 6.45) is 3.07. The Morgan fingerprint density at radius 1 is 1.30 bits per heavy atom. The molecule has 1 amide bonds. The van der Waals surface area contributed by atoms with Gasteiger partial charge in [-0.3, -0.25) is 14.5 Å².